The fourth-order valence-corrected chi connectivity index (χ4v) is 2.87. The first-order valence-electron chi connectivity index (χ1n) is 9.09. The van der Waals surface area contributed by atoms with Crippen LogP contribution in [0.3, 0.4) is 0 Å². The molecule has 0 rings (SSSR count). The molecule has 28 heavy (non-hydrogen) atoms. The van der Waals surface area contributed by atoms with E-state index in [0.717, 1.165) is 39.0 Å². The molecule has 0 unspecified atom stereocenters. The molecule has 9 nitrogen and oxygen atoms in total. The Kier molecular flexibility index (Phi) is 18.5. The van der Waals surface area contributed by atoms with Crippen molar-refractivity contribution in [3.05, 3.63) is 0 Å². The van der Waals surface area contributed by atoms with Crippen molar-refractivity contribution in [3.8, 4) is 0 Å². The summed E-state index contributed by atoms with van der Waals surface area (Å²) >= 11 is 0. The van der Waals surface area contributed by atoms with E-state index in [1.165, 1.54) is 0 Å². The molecule has 0 saturated carbocycles. The molecule has 170 valence electrons. The molecule has 0 aliphatic carbocycles. The van der Waals surface area contributed by atoms with E-state index in [-0.39, 0.29) is 50.1 Å². The van der Waals surface area contributed by atoms with Crippen LogP contribution in [-0.4, -0.2) is 124 Å². The van der Waals surface area contributed by atoms with Gasteiger partial charge in [0.05, 0.1) is 41.3 Å². The zero-order valence-corrected chi connectivity index (χ0v) is 19.4. The fourth-order valence-electron chi connectivity index (χ4n) is 2.87. The van der Waals surface area contributed by atoms with Crippen LogP contribution in [0.2, 0.25) is 0 Å². The van der Waals surface area contributed by atoms with E-state index < -0.39 is 0 Å². The number of halogens is 2. The summed E-state index contributed by atoms with van der Waals surface area (Å²) in [5, 5.41) is 22.3. The lowest BCUT2D eigenvalue weighted by Gasteiger charge is -2.31. The second-order valence-electron chi connectivity index (χ2n) is 8.16. The average Bonchev–Trinajstić information content (AvgIpc) is 2.45. The Morgan fingerprint density at radius 1 is 0.786 bits per heavy atom. The number of amides is 2. The number of aliphatic hydroxyl groups is 2. The van der Waals surface area contributed by atoms with Crippen LogP contribution in [0.4, 0.5) is 0 Å². The minimum absolute atomic E-state index is 0. The van der Waals surface area contributed by atoms with Crippen molar-refractivity contribution in [3.63, 3.8) is 0 Å². The summed E-state index contributed by atoms with van der Waals surface area (Å²) in [5.41, 5.74) is 0. The summed E-state index contributed by atoms with van der Waals surface area (Å²) in [7, 11) is 10.1. The van der Waals surface area contributed by atoms with Gasteiger partial charge in [-0.1, -0.05) is 0 Å². The third-order valence-corrected chi connectivity index (χ3v) is 4.30. The van der Waals surface area contributed by atoms with Gasteiger partial charge in [-0.25, -0.2) is 0 Å². The number of carbonyl (C=O) groups is 2. The summed E-state index contributed by atoms with van der Waals surface area (Å²) in [4.78, 5) is 25.4. The van der Waals surface area contributed by atoms with Crippen LogP contribution in [0.25, 0.3) is 0 Å². The number of nitrogens with one attached hydrogen (secondary N) is 2. The number of nitrogens with zero attached hydrogens (tertiary/aromatic N) is 3. The van der Waals surface area contributed by atoms with E-state index in [2.05, 4.69) is 22.6 Å². The highest BCUT2D eigenvalue weighted by Gasteiger charge is 2.21. The van der Waals surface area contributed by atoms with Gasteiger partial charge in [-0.3, -0.25) is 9.59 Å². The van der Waals surface area contributed by atoms with Gasteiger partial charge in [-0.15, -0.1) is 0 Å². The minimum Gasteiger partial charge on any atom is -1.00 e. The standard InChI is InChI=1S/C17H37N5O4.2ClH/c1-20(8-6-10-21(2,3)12-16(25)18-14-23)9-7-11-22(4,5)13-17(26)19-15-24;;/h23-24H,6-15H2,1-5H3;2*1H. The van der Waals surface area contributed by atoms with Crippen molar-refractivity contribution in [2.24, 2.45) is 0 Å². The Morgan fingerprint density at radius 2 is 1.11 bits per heavy atom. The van der Waals surface area contributed by atoms with Gasteiger partial charge in [-0.05, 0) is 7.05 Å². The lowest BCUT2D eigenvalue weighted by atomic mass is 10.3. The van der Waals surface area contributed by atoms with Crippen LogP contribution in [-0.2, 0) is 9.59 Å². The molecule has 0 aliphatic heterocycles. The van der Waals surface area contributed by atoms with Crippen LogP contribution in [0, 0.1) is 0 Å². The van der Waals surface area contributed by atoms with Gasteiger partial charge < -0.3 is 59.5 Å². The Bertz CT molecular complexity index is 402. The van der Waals surface area contributed by atoms with E-state index in [1.54, 1.807) is 0 Å². The maximum atomic E-state index is 11.6. The van der Waals surface area contributed by atoms with E-state index in [0.29, 0.717) is 22.1 Å². The third-order valence-electron chi connectivity index (χ3n) is 4.30. The van der Waals surface area contributed by atoms with Gasteiger partial charge in [-0.2, -0.15) is 0 Å². The number of rotatable bonds is 14. The molecule has 0 aromatic carbocycles. The normalized spacial score (nSPS) is 11.4. The van der Waals surface area contributed by atoms with Gasteiger partial charge in [0.1, 0.15) is 13.5 Å². The lowest BCUT2D eigenvalue weighted by molar-refractivity contribution is -0.882. The maximum absolute atomic E-state index is 11.6. The summed E-state index contributed by atoms with van der Waals surface area (Å²) in [6.45, 7) is 3.72. The lowest BCUT2D eigenvalue weighted by Crippen LogP contribution is -3.00. The highest BCUT2D eigenvalue weighted by molar-refractivity contribution is 5.77. The molecule has 0 aromatic heterocycles. The average molecular weight is 448 g/mol. The molecule has 0 atom stereocenters. The summed E-state index contributed by atoms with van der Waals surface area (Å²) in [6.07, 6.45) is 1.96. The first-order chi connectivity index (χ1) is 12.0. The number of likely N-dealkylation sites (N-methyl/N-ethyl adjacent to an activating group) is 2. The first kappa shape index (κ1) is 32.0. The van der Waals surface area contributed by atoms with Crippen molar-refractivity contribution in [1.82, 2.24) is 15.5 Å². The minimum atomic E-state index is -0.321. The van der Waals surface area contributed by atoms with Crippen molar-refractivity contribution in [1.29, 1.82) is 0 Å². The van der Waals surface area contributed by atoms with E-state index >= 15 is 0 Å². The van der Waals surface area contributed by atoms with Crippen LogP contribution in [0.15, 0.2) is 0 Å². The zero-order chi connectivity index (χ0) is 20.2. The third kappa shape index (κ3) is 17.4. The summed E-state index contributed by atoms with van der Waals surface area (Å²) in [6, 6.07) is 0. The number of aliphatic hydroxyl groups excluding tert-OH is 2. The topological polar surface area (TPSA) is 102 Å². The highest BCUT2D eigenvalue weighted by Crippen LogP contribution is 2.03. The SMILES string of the molecule is CN(CCC[N+](C)(C)CC(=O)NCO)CCC[N+](C)(C)CC(=O)NCO.[Cl-].[Cl-]. The molecule has 0 aromatic rings. The quantitative estimate of drug-likeness (QED) is 0.156. The molecule has 0 spiro atoms. The molecule has 0 fully saturated rings. The number of quaternary nitrogens is 2. The Labute approximate surface area is 182 Å². The van der Waals surface area contributed by atoms with E-state index in [1.807, 2.05) is 28.2 Å². The van der Waals surface area contributed by atoms with Crippen molar-refractivity contribution in [2.45, 2.75) is 12.8 Å². The number of hydrogen-bond acceptors (Lipinski definition) is 5. The molecule has 0 aliphatic rings. The van der Waals surface area contributed by atoms with E-state index in [4.69, 9.17) is 10.2 Å². The van der Waals surface area contributed by atoms with Crippen LogP contribution in [0.5, 0.6) is 0 Å². The van der Waals surface area contributed by atoms with Crippen LogP contribution in [0.1, 0.15) is 12.8 Å². The van der Waals surface area contributed by atoms with E-state index in [9.17, 15) is 9.59 Å². The van der Waals surface area contributed by atoms with Crippen molar-refractivity contribution >= 4 is 11.8 Å². The van der Waals surface area contributed by atoms with Gasteiger partial charge in [0.2, 0.25) is 0 Å². The van der Waals surface area contributed by atoms with Crippen molar-refractivity contribution < 1.29 is 53.6 Å². The molecule has 11 heteroatoms. The van der Waals surface area contributed by atoms with Gasteiger partial charge >= 0.3 is 0 Å². The smallest absolute Gasteiger partial charge is 0.277 e. The maximum Gasteiger partial charge on any atom is 0.277 e. The van der Waals surface area contributed by atoms with Gasteiger partial charge in [0, 0.05) is 25.9 Å². The second kappa shape index (κ2) is 16.2. The molecule has 0 radical (unpaired) electrons. The Hall–Kier alpha value is -0.680. The second-order valence-corrected chi connectivity index (χ2v) is 8.16. The molecule has 0 bridgehead atoms. The number of hydrogen-bond donors (Lipinski definition) is 4. The largest absolute Gasteiger partial charge is 1.00 e. The van der Waals surface area contributed by atoms with Crippen LogP contribution >= 0.6 is 0 Å². The monoisotopic (exact) mass is 447 g/mol. The highest BCUT2D eigenvalue weighted by atomic mass is 35.5. The van der Waals surface area contributed by atoms with Crippen molar-refractivity contribution in [2.75, 3.05) is 88.0 Å². The molecular weight excluding hydrogens is 409 g/mol. The van der Waals surface area contributed by atoms with Crippen LogP contribution < -0.4 is 35.4 Å². The molecular formula is C17H39Cl2N5O4. The summed E-state index contributed by atoms with van der Waals surface area (Å²) < 4.78 is 1.17. The van der Waals surface area contributed by atoms with Gasteiger partial charge in [0.15, 0.2) is 13.1 Å². The Balaban J connectivity index is -0.00000312. The van der Waals surface area contributed by atoms with Gasteiger partial charge in [0.25, 0.3) is 11.8 Å². The molecule has 2 amide bonds. The predicted molar refractivity (Wildman–Crippen MR) is 101 cm³/mol. The molecule has 0 saturated heterocycles. The number of carbonyl (C=O) groups excluding carboxylic acids is 2. The predicted octanol–water partition coefficient (Wildman–Crippen LogP) is -8.01. The summed E-state index contributed by atoms with van der Waals surface area (Å²) in [5.74, 6) is -0.285. The molecule has 0 heterocycles. The Morgan fingerprint density at radius 3 is 1.39 bits per heavy atom. The molecule has 4 N–H and O–H groups in total. The fraction of sp³-hybridized carbons (Fsp3) is 0.882. The zero-order valence-electron chi connectivity index (χ0n) is 17.9. The first-order valence-corrected chi connectivity index (χ1v) is 9.09.